The minimum atomic E-state index is -0.177. The summed E-state index contributed by atoms with van der Waals surface area (Å²) < 4.78 is 2.45. The fraction of sp³-hybridized carbons (Fsp3) is 0.125. The molecule has 1 aromatic heterocycles. The van der Waals surface area contributed by atoms with Gasteiger partial charge in [-0.05, 0) is 47.2 Å². The lowest BCUT2D eigenvalue weighted by atomic mass is 10.1. The van der Waals surface area contributed by atoms with Gasteiger partial charge in [0, 0.05) is 4.47 Å². The van der Waals surface area contributed by atoms with E-state index in [0.717, 1.165) is 10.0 Å². The Hall–Kier alpha value is -2.54. The first-order valence-electron chi connectivity index (χ1n) is 7.04. The van der Waals surface area contributed by atoms with Gasteiger partial charge in [-0.3, -0.25) is 4.79 Å². The monoisotopic (exact) mass is 371 g/mol. The highest BCUT2D eigenvalue weighted by molar-refractivity contribution is 9.10. The van der Waals surface area contributed by atoms with E-state index in [9.17, 15) is 4.79 Å². The van der Waals surface area contributed by atoms with Crippen molar-refractivity contribution in [3.05, 3.63) is 70.5 Å². The molecule has 0 fully saturated rings. The average Bonchev–Trinajstić information content (AvgIpc) is 3.09. The Balaban J connectivity index is 1.84. The summed E-state index contributed by atoms with van der Waals surface area (Å²) in [4.78, 5) is 12.6. The molecule has 0 aliphatic heterocycles. The van der Waals surface area contributed by atoms with Crippen LogP contribution in [0.1, 0.15) is 28.9 Å². The first kappa shape index (κ1) is 15.4. The van der Waals surface area contributed by atoms with Crippen LogP contribution in [0.4, 0.5) is 0 Å². The van der Waals surface area contributed by atoms with Gasteiger partial charge >= 0.3 is 0 Å². The van der Waals surface area contributed by atoms with E-state index >= 15 is 0 Å². The number of hydrogen-bond acceptors (Lipinski definition) is 4. The molecule has 1 unspecified atom stereocenters. The van der Waals surface area contributed by atoms with Crippen LogP contribution in [-0.4, -0.2) is 26.1 Å². The third kappa shape index (κ3) is 3.45. The molecule has 1 amide bonds. The Labute approximate surface area is 141 Å². The molecule has 0 spiro atoms. The Bertz CT molecular complexity index is 819. The second-order valence-electron chi connectivity index (χ2n) is 5.02. The van der Waals surface area contributed by atoms with Crippen molar-refractivity contribution in [2.75, 3.05) is 0 Å². The number of aromatic nitrogens is 4. The highest BCUT2D eigenvalue weighted by atomic mass is 79.9. The van der Waals surface area contributed by atoms with E-state index in [0.29, 0.717) is 11.3 Å². The van der Waals surface area contributed by atoms with E-state index in [2.05, 4.69) is 36.8 Å². The van der Waals surface area contributed by atoms with Gasteiger partial charge in [0.05, 0.1) is 17.3 Å². The first-order valence-corrected chi connectivity index (χ1v) is 7.83. The second kappa shape index (κ2) is 6.70. The smallest absolute Gasteiger partial charge is 0.253 e. The number of benzene rings is 2. The summed E-state index contributed by atoms with van der Waals surface area (Å²) in [5, 5.41) is 14.1. The molecular formula is C16H14BrN5O. The van der Waals surface area contributed by atoms with Gasteiger partial charge in [-0.15, -0.1) is 5.10 Å². The maximum atomic E-state index is 12.6. The molecule has 0 aliphatic rings. The summed E-state index contributed by atoms with van der Waals surface area (Å²) in [6.07, 6.45) is 1.46. The summed E-state index contributed by atoms with van der Waals surface area (Å²) in [6.45, 7) is 1.94. The zero-order chi connectivity index (χ0) is 16.2. The zero-order valence-corrected chi connectivity index (χ0v) is 13.9. The van der Waals surface area contributed by atoms with E-state index in [1.165, 1.54) is 11.0 Å². The van der Waals surface area contributed by atoms with Gasteiger partial charge in [0.15, 0.2) is 0 Å². The third-order valence-corrected chi connectivity index (χ3v) is 3.93. The van der Waals surface area contributed by atoms with Gasteiger partial charge in [-0.2, -0.15) is 4.68 Å². The highest BCUT2D eigenvalue weighted by Crippen LogP contribution is 2.19. The number of halogens is 1. The number of para-hydroxylation sites is 1. The van der Waals surface area contributed by atoms with Crippen molar-refractivity contribution in [3.8, 4) is 5.69 Å². The van der Waals surface area contributed by atoms with Crippen LogP contribution in [0.2, 0.25) is 0 Å². The van der Waals surface area contributed by atoms with Crippen LogP contribution in [0.25, 0.3) is 5.69 Å². The molecule has 1 heterocycles. The zero-order valence-electron chi connectivity index (χ0n) is 12.3. The quantitative estimate of drug-likeness (QED) is 0.765. The van der Waals surface area contributed by atoms with Crippen LogP contribution >= 0.6 is 15.9 Å². The summed E-state index contributed by atoms with van der Waals surface area (Å²) >= 11 is 3.44. The van der Waals surface area contributed by atoms with E-state index in [1.54, 1.807) is 12.1 Å². The molecule has 0 bridgehead atoms. The maximum absolute atomic E-state index is 12.6. The van der Waals surface area contributed by atoms with Crippen molar-refractivity contribution < 1.29 is 4.79 Å². The minimum Gasteiger partial charge on any atom is -0.345 e. The first-order chi connectivity index (χ1) is 11.1. The van der Waals surface area contributed by atoms with Crippen LogP contribution in [0, 0.1) is 0 Å². The molecule has 3 aromatic rings. The Morgan fingerprint density at radius 3 is 2.78 bits per heavy atom. The average molecular weight is 372 g/mol. The lowest BCUT2D eigenvalue weighted by Crippen LogP contribution is -2.27. The number of rotatable bonds is 4. The molecule has 0 saturated heterocycles. The maximum Gasteiger partial charge on any atom is 0.253 e. The van der Waals surface area contributed by atoms with E-state index in [-0.39, 0.29) is 11.9 Å². The molecule has 23 heavy (non-hydrogen) atoms. The molecule has 0 saturated carbocycles. The van der Waals surface area contributed by atoms with Crippen molar-refractivity contribution >= 4 is 21.8 Å². The van der Waals surface area contributed by atoms with Gasteiger partial charge in [-0.1, -0.05) is 40.2 Å². The molecule has 7 heteroatoms. The van der Waals surface area contributed by atoms with Crippen LogP contribution < -0.4 is 5.32 Å². The van der Waals surface area contributed by atoms with E-state index in [4.69, 9.17) is 0 Å². The van der Waals surface area contributed by atoms with Crippen LogP contribution in [0.15, 0.2) is 59.3 Å². The molecule has 0 aliphatic carbocycles. The van der Waals surface area contributed by atoms with Gasteiger partial charge in [0.2, 0.25) is 0 Å². The lowest BCUT2D eigenvalue weighted by molar-refractivity contribution is 0.0939. The predicted molar refractivity (Wildman–Crippen MR) is 89.2 cm³/mol. The number of carbonyl (C=O) groups is 1. The number of nitrogens with one attached hydrogen (secondary N) is 1. The summed E-state index contributed by atoms with van der Waals surface area (Å²) in [7, 11) is 0. The SMILES string of the molecule is CC(NC(=O)c1ccccc1-n1cnnn1)c1cccc(Br)c1. The topological polar surface area (TPSA) is 72.7 Å². The van der Waals surface area contributed by atoms with Crippen molar-refractivity contribution in [3.63, 3.8) is 0 Å². The highest BCUT2D eigenvalue weighted by Gasteiger charge is 2.16. The van der Waals surface area contributed by atoms with Gasteiger partial charge in [0.1, 0.15) is 6.33 Å². The Morgan fingerprint density at radius 2 is 2.04 bits per heavy atom. The van der Waals surface area contributed by atoms with Gasteiger partial charge in [-0.25, -0.2) is 0 Å². The number of amides is 1. The molecule has 1 atom stereocenters. The number of hydrogen-bond donors (Lipinski definition) is 1. The van der Waals surface area contributed by atoms with Crippen LogP contribution in [0.5, 0.6) is 0 Å². The summed E-state index contributed by atoms with van der Waals surface area (Å²) in [5.41, 5.74) is 2.17. The minimum absolute atomic E-state index is 0.123. The lowest BCUT2D eigenvalue weighted by Gasteiger charge is -2.16. The normalized spacial score (nSPS) is 11.9. The van der Waals surface area contributed by atoms with Gasteiger partial charge in [0.25, 0.3) is 5.91 Å². The van der Waals surface area contributed by atoms with Crippen molar-refractivity contribution in [1.82, 2.24) is 25.5 Å². The van der Waals surface area contributed by atoms with Crippen LogP contribution in [0.3, 0.4) is 0 Å². The third-order valence-electron chi connectivity index (χ3n) is 3.44. The van der Waals surface area contributed by atoms with Crippen molar-refractivity contribution in [2.24, 2.45) is 0 Å². The fourth-order valence-corrected chi connectivity index (χ4v) is 2.69. The van der Waals surface area contributed by atoms with E-state index < -0.39 is 0 Å². The Kier molecular flexibility index (Phi) is 4.47. The molecule has 6 nitrogen and oxygen atoms in total. The Morgan fingerprint density at radius 1 is 1.22 bits per heavy atom. The molecule has 0 radical (unpaired) electrons. The fourth-order valence-electron chi connectivity index (χ4n) is 2.27. The summed E-state index contributed by atoms with van der Waals surface area (Å²) in [6, 6.07) is 14.9. The van der Waals surface area contributed by atoms with Crippen molar-refractivity contribution in [1.29, 1.82) is 0 Å². The number of nitrogens with zero attached hydrogens (tertiary/aromatic N) is 4. The van der Waals surface area contributed by atoms with Gasteiger partial charge < -0.3 is 5.32 Å². The molecular weight excluding hydrogens is 358 g/mol. The summed E-state index contributed by atoms with van der Waals surface area (Å²) in [5.74, 6) is -0.177. The number of tetrazole rings is 1. The molecule has 116 valence electrons. The molecule has 3 rings (SSSR count). The predicted octanol–water partition coefficient (Wildman–Crippen LogP) is 2.92. The standard InChI is InChI=1S/C16H14BrN5O/c1-11(12-5-4-6-13(17)9-12)19-16(23)14-7-2-3-8-15(14)22-10-18-20-21-22/h2-11H,1H3,(H,19,23). The second-order valence-corrected chi connectivity index (χ2v) is 5.94. The molecule has 1 N–H and O–H groups in total. The van der Waals surface area contributed by atoms with Crippen LogP contribution in [-0.2, 0) is 0 Å². The molecule has 2 aromatic carbocycles. The van der Waals surface area contributed by atoms with E-state index in [1.807, 2.05) is 43.3 Å². The van der Waals surface area contributed by atoms with Crippen molar-refractivity contribution in [2.45, 2.75) is 13.0 Å². The number of carbonyl (C=O) groups excluding carboxylic acids is 1. The largest absolute Gasteiger partial charge is 0.345 e.